The number of amides is 1. The Bertz CT molecular complexity index is 962. The first kappa shape index (κ1) is 19.9. The van der Waals surface area contributed by atoms with Crippen molar-refractivity contribution in [3.8, 4) is 16.3 Å². The van der Waals surface area contributed by atoms with Gasteiger partial charge in [-0.05, 0) is 29.8 Å². The second-order valence-corrected chi connectivity index (χ2v) is 6.71. The normalized spacial score (nSPS) is 10.7. The summed E-state index contributed by atoms with van der Waals surface area (Å²) in [6.45, 7) is 0.946. The van der Waals surface area contributed by atoms with Crippen LogP contribution >= 0.6 is 11.3 Å². The molecule has 146 valence electrons. The molecule has 0 saturated heterocycles. The Balaban J connectivity index is 1.66. The minimum Gasteiger partial charge on any atom is -0.489 e. The highest BCUT2D eigenvalue weighted by atomic mass is 32.1. The summed E-state index contributed by atoms with van der Waals surface area (Å²) in [5.74, 6) is -1.50. The number of carbonyl (C=O) groups is 1. The zero-order valence-electron chi connectivity index (χ0n) is 15.1. The second kappa shape index (κ2) is 9.38. The molecule has 0 bridgehead atoms. The largest absolute Gasteiger partial charge is 0.489 e. The van der Waals surface area contributed by atoms with E-state index in [-0.39, 0.29) is 12.5 Å². The van der Waals surface area contributed by atoms with Crippen LogP contribution in [0.4, 0.5) is 8.78 Å². The van der Waals surface area contributed by atoms with Crippen molar-refractivity contribution < 1.29 is 23.0 Å². The van der Waals surface area contributed by atoms with Crippen molar-refractivity contribution in [2.45, 2.75) is 6.61 Å². The van der Waals surface area contributed by atoms with E-state index in [1.807, 2.05) is 6.07 Å². The topological polar surface area (TPSA) is 60.5 Å². The number of rotatable bonds is 8. The first-order valence-corrected chi connectivity index (χ1v) is 9.34. The van der Waals surface area contributed by atoms with Gasteiger partial charge < -0.3 is 14.8 Å². The lowest BCUT2D eigenvalue weighted by molar-refractivity contribution is 0.0933. The molecule has 0 aliphatic rings. The van der Waals surface area contributed by atoms with Crippen LogP contribution in [0.1, 0.15) is 16.1 Å². The zero-order chi connectivity index (χ0) is 19.9. The molecule has 0 saturated carbocycles. The maximum Gasteiger partial charge on any atom is 0.270 e. The van der Waals surface area contributed by atoms with Gasteiger partial charge in [0.15, 0.2) is 11.6 Å². The number of halogens is 2. The van der Waals surface area contributed by atoms with E-state index < -0.39 is 11.6 Å². The number of hydrogen-bond acceptors (Lipinski definition) is 5. The summed E-state index contributed by atoms with van der Waals surface area (Å²) in [7, 11) is 1.56. The molecule has 0 radical (unpaired) electrons. The van der Waals surface area contributed by atoms with Gasteiger partial charge >= 0.3 is 0 Å². The standard InChI is InChI=1S/C20H18F2N2O3S/c1-26-8-7-23-19(25)18-12-28-20(24-18)14-3-2-4-15(10-14)27-11-13-5-6-16(21)17(22)9-13/h2-6,9-10,12H,7-8,11H2,1H3,(H,23,25). The molecule has 3 aromatic rings. The lowest BCUT2D eigenvalue weighted by Crippen LogP contribution is -2.27. The Kier molecular flexibility index (Phi) is 6.67. The number of aromatic nitrogens is 1. The number of hydrogen-bond donors (Lipinski definition) is 1. The molecule has 2 aromatic carbocycles. The first-order chi connectivity index (χ1) is 13.6. The van der Waals surface area contributed by atoms with Crippen molar-refractivity contribution in [3.05, 3.63) is 70.7 Å². The highest BCUT2D eigenvalue weighted by Gasteiger charge is 2.12. The van der Waals surface area contributed by atoms with E-state index in [4.69, 9.17) is 9.47 Å². The van der Waals surface area contributed by atoms with Crippen molar-refractivity contribution in [1.29, 1.82) is 0 Å². The van der Waals surface area contributed by atoms with Crippen LogP contribution in [0.5, 0.6) is 5.75 Å². The molecule has 1 heterocycles. The van der Waals surface area contributed by atoms with E-state index in [2.05, 4.69) is 10.3 Å². The SMILES string of the molecule is COCCNC(=O)c1csc(-c2cccc(OCc3ccc(F)c(F)c3)c2)n1. The fourth-order valence-corrected chi connectivity index (χ4v) is 3.18. The van der Waals surface area contributed by atoms with Gasteiger partial charge in [0.05, 0.1) is 6.61 Å². The van der Waals surface area contributed by atoms with Crippen LogP contribution in [0.2, 0.25) is 0 Å². The van der Waals surface area contributed by atoms with Gasteiger partial charge in [0.25, 0.3) is 5.91 Å². The molecule has 3 rings (SSSR count). The van der Waals surface area contributed by atoms with Crippen LogP contribution in [0.15, 0.2) is 47.8 Å². The van der Waals surface area contributed by atoms with Gasteiger partial charge in [-0.3, -0.25) is 4.79 Å². The predicted molar refractivity (Wildman–Crippen MR) is 102 cm³/mol. The molecule has 0 aliphatic carbocycles. The van der Waals surface area contributed by atoms with Crippen molar-refractivity contribution in [2.75, 3.05) is 20.3 Å². The Morgan fingerprint density at radius 2 is 2.04 bits per heavy atom. The third-order valence-corrected chi connectivity index (χ3v) is 4.69. The van der Waals surface area contributed by atoms with Crippen LogP contribution in [0.3, 0.4) is 0 Å². The summed E-state index contributed by atoms with van der Waals surface area (Å²) >= 11 is 1.35. The van der Waals surface area contributed by atoms with E-state index in [0.29, 0.717) is 35.2 Å². The van der Waals surface area contributed by atoms with Gasteiger partial charge in [0.2, 0.25) is 0 Å². The minimum atomic E-state index is -0.908. The van der Waals surface area contributed by atoms with Crippen LogP contribution in [0.25, 0.3) is 10.6 Å². The van der Waals surface area contributed by atoms with Crippen LogP contribution in [-0.2, 0) is 11.3 Å². The lowest BCUT2D eigenvalue weighted by Gasteiger charge is -2.08. The summed E-state index contributed by atoms with van der Waals surface area (Å²) in [6, 6.07) is 10.8. The molecular weight excluding hydrogens is 386 g/mol. The molecule has 1 N–H and O–H groups in total. The van der Waals surface area contributed by atoms with Gasteiger partial charge in [0, 0.05) is 24.6 Å². The molecule has 1 aromatic heterocycles. The maximum absolute atomic E-state index is 13.3. The number of nitrogens with one attached hydrogen (secondary N) is 1. The Labute approximate surface area is 164 Å². The number of nitrogens with zero attached hydrogens (tertiary/aromatic N) is 1. The summed E-state index contributed by atoms with van der Waals surface area (Å²) < 4.78 is 36.8. The van der Waals surface area contributed by atoms with Crippen molar-refractivity contribution in [1.82, 2.24) is 10.3 Å². The number of methoxy groups -OCH3 is 1. The minimum absolute atomic E-state index is 0.103. The summed E-state index contributed by atoms with van der Waals surface area (Å²) in [5, 5.41) is 5.08. The monoisotopic (exact) mass is 404 g/mol. The number of carbonyl (C=O) groups excluding carboxylic acids is 1. The number of benzene rings is 2. The number of ether oxygens (including phenoxy) is 2. The molecule has 0 unspecified atom stereocenters. The lowest BCUT2D eigenvalue weighted by atomic mass is 10.2. The smallest absolute Gasteiger partial charge is 0.270 e. The van der Waals surface area contributed by atoms with E-state index in [9.17, 15) is 13.6 Å². The third-order valence-electron chi connectivity index (χ3n) is 3.80. The van der Waals surface area contributed by atoms with E-state index in [0.717, 1.165) is 17.7 Å². The second-order valence-electron chi connectivity index (χ2n) is 5.85. The molecule has 0 aliphatic heterocycles. The van der Waals surface area contributed by atoms with Gasteiger partial charge in [0.1, 0.15) is 23.1 Å². The molecule has 28 heavy (non-hydrogen) atoms. The molecular formula is C20H18F2N2O3S. The van der Waals surface area contributed by atoms with Crippen molar-refractivity contribution in [3.63, 3.8) is 0 Å². The molecule has 0 spiro atoms. The molecule has 5 nitrogen and oxygen atoms in total. The number of thiazole rings is 1. The van der Waals surface area contributed by atoms with Gasteiger partial charge in [-0.25, -0.2) is 13.8 Å². The molecule has 8 heteroatoms. The molecule has 0 atom stereocenters. The van der Waals surface area contributed by atoms with Crippen molar-refractivity contribution >= 4 is 17.2 Å². The summed E-state index contributed by atoms with van der Waals surface area (Å²) in [6.07, 6.45) is 0. The quantitative estimate of drug-likeness (QED) is 0.576. The Morgan fingerprint density at radius 1 is 1.18 bits per heavy atom. The van der Waals surface area contributed by atoms with E-state index in [1.54, 1.807) is 30.7 Å². The van der Waals surface area contributed by atoms with Crippen LogP contribution < -0.4 is 10.1 Å². The fourth-order valence-electron chi connectivity index (χ4n) is 2.38. The summed E-state index contributed by atoms with van der Waals surface area (Å²) in [5.41, 5.74) is 1.65. The Morgan fingerprint density at radius 3 is 2.82 bits per heavy atom. The predicted octanol–water partition coefficient (Wildman–Crippen LogP) is 4.04. The first-order valence-electron chi connectivity index (χ1n) is 8.46. The molecule has 0 fully saturated rings. The van der Waals surface area contributed by atoms with Crippen molar-refractivity contribution in [2.24, 2.45) is 0 Å². The maximum atomic E-state index is 13.3. The average Bonchev–Trinajstić information content (AvgIpc) is 3.20. The van der Waals surface area contributed by atoms with Crippen LogP contribution in [-0.4, -0.2) is 31.2 Å². The van der Waals surface area contributed by atoms with Gasteiger partial charge in [-0.15, -0.1) is 11.3 Å². The average molecular weight is 404 g/mol. The molecule has 1 amide bonds. The summed E-state index contributed by atoms with van der Waals surface area (Å²) in [4.78, 5) is 16.4. The highest BCUT2D eigenvalue weighted by molar-refractivity contribution is 7.13. The highest BCUT2D eigenvalue weighted by Crippen LogP contribution is 2.27. The Hall–Kier alpha value is -2.84. The van der Waals surface area contributed by atoms with Gasteiger partial charge in [-0.1, -0.05) is 18.2 Å². The third kappa shape index (κ3) is 5.11. The van der Waals surface area contributed by atoms with Gasteiger partial charge in [-0.2, -0.15) is 0 Å². The zero-order valence-corrected chi connectivity index (χ0v) is 15.9. The van der Waals surface area contributed by atoms with Crippen LogP contribution in [0, 0.1) is 11.6 Å². The van der Waals surface area contributed by atoms with E-state index in [1.165, 1.54) is 17.4 Å². The van der Waals surface area contributed by atoms with E-state index >= 15 is 0 Å². The fraction of sp³-hybridized carbons (Fsp3) is 0.200.